The van der Waals surface area contributed by atoms with Gasteiger partial charge in [-0.3, -0.25) is 9.78 Å². The van der Waals surface area contributed by atoms with Gasteiger partial charge in [-0.25, -0.2) is 4.98 Å². The van der Waals surface area contributed by atoms with Crippen LogP contribution < -0.4 is 5.32 Å². The molecule has 120 valence electrons. The lowest BCUT2D eigenvalue weighted by atomic mass is 10.2. The number of amides is 1. The molecule has 0 fully saturated rings. The molecule has 2 heterocycles. The van der Waals surface area contributed by atoms with Crippen molar-refractivity contribution in [2.45, 2.75) is 6.54 Å². The first-order chi connectivity index (χ1) is 11.7. The zero-order valence-electron chi connectivity index (χ0n) is 12.6. The Morgan fingerprint density at radius 3 is 2.79 bits per heavy atom. The predicted octanol–water partition coefficient (Wildman–Crippen LogP) is 4.19. The van der Waals surface area contributed by atoms with E-state index in [4.69, 9.17) is 11.6 Å². The van der Waals surface area contributed by atoms with Crippen LogP contribution in [-0.4, -0.2) is 15.9 Å². The third kappa shape index (κ3) is 4.28. The molecule has 0 aliphatic heterocycles. The van der Waals surface area contributed by atoms with Gasteiger partial charge < -0.3 is 5.32 Å². The zero-order valence-corrected chi connectivity index (χ0v) is 14.2. The smallest absolute Gasteiger partial charge is 0.244 e. The number of halogens is 1. The second kappa shape index (κ2) is 7.86. The Balaban J connectivity index is 1.57. The van der Waals surface area contributed by atoms with Gasteiger partial charge in [-0.15, -0.1) is 11.3 Å². The van der Waals surface area contributed by atoms with Crippen molar-refractivity contribution in [3.8, 4) is 10.6 Å². The lowest BCUT2D eigenvalue weighted by molar-refractivity contribution is -0.116. The lowest BCUT2D eigenvalue weighted by Crippen LogP contribution is -2.20. The topological polar surface area (TPSA) is 54.9 Å². The molecule has 6 heteroatoms. The molecule has 24 heavy (non-hydrogen) atoms. The van der Waals surface area contributed by atoms with Gasteiger partial charge >= 0.3 is 0 Å². The van der Waals surface area contributed by atoms with Crippen LogP contribution >= 0.6 is 22.9 Å². The molecule has 0 spiro atoms. The van der Waals surface area contributed by atoms with E-state index < -0.39 is 0 Å². The summed E-state index contributed by atoms with van der Waals surface area (Å²) in [6, 6.07) is 11.2. The van der Waals surface area contributed by atoms with Crippen LogP contribution in [0.4, 0.5) is 0 Å². The summed E-state index contributed by atoms with van der Waals surface area (Å²) in [5.74, 6) is -0.187. The maximum atomic E-state index is 11.9. The van der Waals surface area contributed by atoms with Crippen LogP contribution in [0.15, 0.2) is 60.2 Å². The Hall–Kier alpha value is -2.50. The van der Waals surface area contributed by atoms with Crippen molar-refractivity contribution >= 4 is 34.9 Å². The van der Waals surface area contributed by atoms with E-state index in [1.165, 1.54) is 6.08 Å². The summed E-state index contributed by atoms with van der Waals surface area (Å²) in [6.45, 7) is 0.382. The molecule has 0 radical (unpaired) electrons. The number of hydrogen-bond acceptors (Lipinski definition) is 4. The number of thiazole rings is 1. The van der Waals surface area contributed by atoms with Crippen molar-refractivity contribution in [1.82, 2.24) is 15.3 Å². The molecule has 3 rings (SSSR count). The average molecular weight is 356 g/mol. The first-order valence-corrected chi connectivity index (χ1v) is 8.53. The summed E-state index contributed by atoms with van der Waals surface area (Å²) in [5.41, 5.74) is 2.65. The highest BCUT2D eigenvalue weighted by atomic mass is 35.5. The van der Waals surface area contributed by atoms with Crippen molar-refractivity contribution in [1.29, 1.82) is 0 Å². The summed E-state index contributed by atoms with van der Waals surface area (Å²) < 4.78 is 0. The Bertz CT molecular complexity index is 861. The minimum absolute atomic E-state index is 0.187. The molecule has 1 amide bonds. The molecule has 0 atom stereocenters. The van der Waals surface area contributed by atoms with Crippen molar-refractivity contribution < 1.29 is 4.79 Å². The molecule has 0 saturated heterocycles. The molecule has 3 aromatic rings. The van der Waals surface area contributed by atoms with Gasteiger partial charge in [0.25, 0.3) is 0 Å². The van der Waals surface area contributed by atoms with E-state index in [0.717, 1.165) is 21.8 Å². The van der Waals surface area contributed by atoms with Crippen LogP contribution in [0.2, 0.25) is 5.02 Å². The molecular formula is C18H14ClN3OS. The van der Waals surface area contributed by atoms with Crippen molar-refractivity contribution in [3.63, 3.8) is 0 Å². The maximum absolute atomic E-state index is 11.9. The molecule has 0 saturated carbocycles. The fraction of sp³-hybridized carbons (Fsp3) is 0.0556. The van der Waals surface area contributed by atoms with Crippen molar-refractivity contribution in [2.75, 3.05) is 0 Å². The quantitative estimate of drug-likeness (QED) is 0.698. The highest BCUT2D eigenvalue weighted by Crippen LogP contribution is 2.22. The summed E-state index contributed by atoms with van der Waals surface area (Å²) in [7, 11) is 0. The summed E-state index contributed by atoms with van der Waals surface area (Å²) >= 11 is 7.59. The highest BCUT2D eigenvalue weighted by Gasteiger charge is 2.05. The van der Waals surface area contributed by atoms with E-state index in [2.05, 4.69) is 15.3 Å². The Morgan fingerprint density at radius 1 is 1.21 bits per heavy atom. The number of pyridine rings is 1. The van der Waals surface area contributed by atoms with Gasteiger partial charge in [0.15, 0.2) is 0 Å². The van der Waals surface area contributed by atoms with E-state index in [1.54, 1.807) is 35.9 Å². The van der Waals surface area contributed by atoms with Crippen LogP contribution in [0.1, 0.15) is 11.3 Å². The lowest BCUT2D eigenvalue weighted by Gasteiger charge is -2.00. The van der Waals surface area contributed by atoms with Crippen LogP contribution in [0, 0.1) is 0 Å². The number of carbonyl (C=O) groups excluding carboxylic acids is 1. The van der Waals surface area contributed by atoms with E-state index >= 15 is 0 Å². The fourth-order valence-electron chi connectivity index (χ4n) is 2.03. The van der Waals surface area contributed by atoms with E-state index in [0.29, 0.717) is 11.6 Å². The summed E-state index contributed by atoms with van der Waals surface area (Å²) in [6.07, 6.45) is 6.63. The van der Waals surface area contributed by atoms with E-state index in [1.807, 2.05) is 35.7 Å². The Morgan fingerprint density at radius 2 is 2.00 bits per heavy atom. The van der Waals surface area contributed by atoms with Crippen molar-refractivity contribution in [2.24, 2.45) is 0 Å². The second-order valence-corrected chi connectivity index (χ2v) is 6.22. The molecule has 0 unspecified atom stereocenters. The number of nitrogens with one attached hydrogen (secondary N) is 1. The fourth-order valence-corrected chi connectivity index (χ4v) is 3.05. The Labute approximate surface area is 148 Å². The second-order valence-electron chi connectivity index (χ2n) is 4.95. The maximum Gasteiger partial charge on any atom is 0.244 e. The summed E-state index contributed by atoms with van der Waals surface area (Å²) in [5, 5.41) is 6.28. The summed E-state index contributed by atoms with van der Waals surface area (Å²) in [4.78, 5) is 20.4. The number of hydrogen-bond donors (Lipinski definition) is 1. The molecule has 0 bridgehead atoms. The van der Waals surface area contributed by atoms with Gasteiger partial charge in [0, 0.05) is 34.4 Å². The molecule has 1 N–H and O–H groups in total. The standard InChI is InChI=1S/C18H14ClN3OS/c19-16-4-2-1-3-13(16)5-6-17(23)21-11-15-12-24-18(22-15)14-7-9-20-10-8-14/h1-10,12H,11H2,(H,21,23)/b6-5+. The van der Waals surface area contributed by atoms with Gasteiger partial charge in [-0.05, 0) is 29.8 Å². The molecular weight excluding hydrogens is 342 g/mol. The van der Waals surface area contributed by atoms with E-state index in [9.17, 15) is 4.79 Å². The third-order valence-corrected chi connectivity index (χ3v) is 4.53. The average Bonchev–Trinajstić information content (AvgIpc) is 3.09. The number of nitrogens with zero attached hydrogens (tertiary/aromatic N) is 2. The van der Waals surface area contributed by atoms with Gasteiger partial charge in [-0.1, -0.05) is 29.8 Å². The SMILES string of the molecule is O=C(/C=C/c1ccccc1Cl)NCc1csc(-c2ccncc2)n1. The van der Waals surface area contributed by atoms with Crippen molar-refractivity contribution in [3.05, 3.63) is 76.5 Å². The van der Waals surface area contributed by atoms with Gasteiger partial charge in [-0.2, -0.15) is 0 Å². The first kappa shape index (κ1) is 16.4. The number of aromatic nitrogens is 2. The number of rotatable bonds is 5. The van der Waals surface area contributed by atoms with Gasteiger partial charge in [0.1, 0.15) is 5.01 Å². The normalized spacial score (nSPS) is 10.9. The Kier molecular flexibility index (Phi) is 5.36. The number of benzene rings is 1. The van der Waals surface area contributed by atoms with Gasteiger partial charge in [0.05, 0.1) is 12.2 Å². The largest absolute Gasteiger partial charge is 0.347 e. The number of carbonyl (C=O) groups is 1. The monoisotopic (exact) mass is 355 g/mol. The molecule has 0 aliphatic carbocycles. The predicted molar refractivity (Wildman–Crippen MR) is 97.7 cm³/mol. The third-order valence-electron chi connectivity index (χ3n) is 3.24. The first-order valence-electron chi connectivity index (χ1n) is 7.27. The van der Waals surface area contributed by atoms with Crippen LogP contribution in [0.25, 0.3) is 16.6 Å². The van der Waals surface area contributed by atoms with Crippen LogP contribution in [0.3, 0.4) is 0 Å². The molecule has 1 aromatic carbocycles. The van der Waals surface area contributed by atoms with Crippen LogP contribution in [0.5, 0.6) is 0 Å². The molecule has 4 nitrogen and oxygen atoms in total. The van der Waals surface area contributed by atoms with Crippen LogP contribution in [-0.2, 0) is 11.3 Å². The minimum Gasteiger partial charge on any atom is -0.347 e. The highest BCUT2D eigenvalue weighted by molar-refractivity contribution is 7.13. The molecule has 2 aromatic heterocycles. The minimum atomic E-state index is -0.187. The zero-order chi connectivity index (χ0) is 16.8. The molecule has 0 aliphatic rings. The van der Waals surface area contributed by atoms with Gasteiger partial charge in [0.2, 0.25) is 5.91 Å². The van der Waals surface area contributed by atoms with E-state index in [-0.39, 0.29) is 5.91 Å².